The number of amides is 1. The number of carbonyl (C=O) groups excluding carboxylic acids is 1. The summed E-state index contributed by atoms with van der Waals surface area (Å²) in [6, 6.07) is 0. The summed E-state index contributed by atoms with van der Waals surface area (Å²) in [4.78, 5) is 10.7. The number of halogens is 4. The fourth-order valence-corrected chi connectivity index (χ4v) is 0.946. The molecule has 4 nitrogen and oxygen atoms in total. The first-order chi connectivity index (χ1) is 6.17. The van der Waals surface area contributed by atoms with Crippen LogP contribution in [0.15, 0.2) is 11.8 Å². The number of hydrogen-bond donors (Lipinski definition) is 2. The number of allylic oxidation sites excluding steroid dienone is 1. The Kier molecular flexibility index (Phi) is 2.18. The number of rotatable bonds is 1. The molecule has 0 fully saturated rings. The molecule has 0 saturated carbocycles. The first-order valence-corrected chi connectivity index (χ1v) is 3.50. The SMILES string of the molecule is CC1(C(N)=O)C=C(C(F)(F)F)N(F)N1. The number of nitrogens with one attached hydrogen (secondary N) is 1. The van der Waals surface area contributed by atoms with Crippen molar-refractivity contribution in [1.82, 2.24) is 10.7 Å². The molecule has 3 N–H and O–H groups in total. The Hall–Kier alpha value is -1.31. The second-order valence-electron chi connectivity index (χ2n) is 2.99. The van der Waals surface area contributed by atoms with Gasteiger partial charge in [0.05, 0.1) is 0 Å². The molecule has 1 atom stereocenters. The third kappa shape index (κ3) is 1.65. The van der Waals surface area contributed by atoms with E-state index >= 15 is 0 Å². The minimum absolute atomic E-state index is 0.398. The highest BCUT2D eigenvalue weighted by atomic mass is 19.4. The average molecular weight is 213 g/mol. The van der Waals surface area contributed by atoms with E-state index in [1.165, 1.54) is 0 Å². The van der Waals surface area contributed by atoms with E-state index in [9.17, 15) is 22.4 Å². The van der Waals surface area contributed by atoms with Crippen LogP contribution in [0.1, 0.15) is 6.92 Å². The third-order valence-electron chi connectivity index (χ3n) is 1.77. The van der Waals surface area contributed by atoms with Crippen molar-refractivity contribution in [1.29, 1.82) is 0 Å². The molecule has 0 aromatic carbocycles. The maximum atomic E-state index is 12.7. The Labute approximate surface area is 76.2 Å². The van der Waals surface area contributed by atoms with E-state index in [1.54, 1.807) is 5.43 Å². The van der Waals surface area contributed by atoms with Crippen molar-refractivity contribution in [2.45, 2.75) is 18.6 Å². The topological polar surface area (TPSA) is 58.4 Å². The molecule has 0 aromatic heterocycles. The van der Waals surface area contributed by atoms with Crippen molar-refractivity contribution in [3.05, 3.63) is 11.8 Å². The molecule has 1 amide bonds. The first-order valence-electron chi connectivity index (χ1n) is 3.50. The maximum absolute atomic E-state index is 12.7. The molecule has 1 aliphatic heterocycles. The van der Waals surface area contributed by atoms with E-state index in [0.717, 1.165) is 6.92 Å². The molecule has 0 aromatic rings. The van der Waals surface area contributed by atoms with E-state index in [2.05, 4.69) is 0 Å². The highest BCUT2D eigenvalue weighted by Gasteiger charge is 2.49. The van der Waals surface area contributed by atoms with E-state index < -0.39 is 28.6 Å². The van der Waals surface area contributed by atoms with Crippen LogP contribution in [-0.2, 0) is 4.79 Å². The number of primary amides is 1. The molecule has 0 bridgehead atoms. The van der Waals surface area contributed by atoms with Crippen molar-refractivity contribution in [3.63, 3.8) is 0 Å². The fraction of sp³-hybridized carbons (Fsp3) is 0.500. The quantitative estimate of drug-likeness (QED) is 0.489. The van der Waals surface area contributed by atoms with Gasteiger partial charge in [-0.25, -0.2) is 0 Å². The van der Waals surface area contributed by atoms with Gasteiger partial charge in [-0.15, -0.1) is 5.23 Å². The number of nitrogens with zero attached hydrogens (tertiary/aromatic N) is 1. The Bertz CT molecular complexity index is 300. The molecular weight excluding hydrogens is 206 g/mol. The number of hydrogen-bond acceptors (Lipinski definition) is 3. The molecule has 1 heterocycles. The highest BCUT2D eigenvalue weighted by Crippen LogP contribution is 2.34. The number of alkyl halides is 3. The maximum Gasteiger partial charge on any atom is 0.435 e. The summed E-state index contributed by atoms with van der Waals surface area (Å²) in [5.74, 6) is -1.10. The second-order valence-corrected chi connectivity index (χ2v) is 2.99. The fourth-order valence-electron chi connectivity index (χ4n) is 0.946. The van der Waals surface area contributed by atoms with Gasteiger partial charge in [-0.1, -0.05) is 4.48 Å². The molecule has 14 heavy (non-hydrogen) atoms. The standard InChI is InChI=1S/C6H7F4N3O/c1-5(4(11)14)2-3(6(7,8)9)13(10)12-5/h2,12H,1H3,(H2,11,14). The van der Waals surface area contributed by atoms with Crippen molar-refractivity contribution in [2.24, 2.45) is 5.73 Å². The van der Waals surface area contributed by atoms with Crippen LogP contribution in [0.25, 0.3) is 0 Å². The Morgan fingerprint density at radius 1 is 1.64 bits per heavy atom. The number of hydrazine groups is 1. The van der Waals surface area contributed by atoms with Gasteiger partial charge in [0.1, 0.15) is 5.54 Å². The molecule has 1 unspecified atom stereocenters. The van der Waals surface area contributed by atoms with Crippen LogP contribution in [-0.4, -0.2) is 22.9 Å². The summed E-state index contributed by atoms with van der Waals surface area (Å²) in [7, 11) is 0. The number of nitrogens with two attached hydrogens (primary N) is 1. The minimum atomic E-state index is -4.87. The van der Waals surface area contributed by atoms with Crippen LogP contribution in [0.4, 0.5) is 17.7 Å². The van der Waals surface area contributed by atoms with Crippen LogP contribution < -0.4 is 11.2 Å². The normalized spacial score (nSPS) is 27.8. The van der Waals surface area contributed by atoms with Gasteiger partial charge in [0.25, 0.3) is 0 Å². The van der Waals surface area contributed by atoms with E-state index in [1.807, 2.05) is 0 Å². The van der Waals surface area contributed by atoms with Crippen LogP contribution >= 0.6 is 0 Å². The molecule has 8 heteroatoms. The van der Waals surface area contributed by atoms with Gasteiger partial charge in [-0.3, -0.25) is 4.79 Å². The van der Waals surface area contributed by atoms with Crippen molar-refractivity contribution in [3.8, 4) is 0 Å². The van der Waals surface area contributed by atoms with Gasteiger partial charge in [-0.2, -0.15) is 18.6 Å². The van der Waals surface area contributed by atoms with Crippen LogP contribution in [0.5, 0.6) is 0 Å². The van der Waals surface area contributed by atoms with Gasteiger partial charge in [-0.05, 0) is 13.0 Å². The lowest BCUT2D eigenvalue weighted by atomic mass is 10.0. The molecule has 0 spiro atoms. The highest BCUT2D eigenvalue weighted by molar-refractivity contribution is 5.87. The van der Waals surface area contributed by atoms with E-state index in [0.29, 0.717) is 6.08 Å². The van der Waals surface area contributed by atoms with Gasteiger partial charge in [0, 0.05) is 0 Å². The summed E-state index contributed by atoms with van der Waals surface area (Å²) in [5, 5.41) is -0.759. The molecule has 0 radical (unpaired) electrons. The first kappa shape index (κ1) is 10.8. The van der Waals surface area contributed by atoms with Gasteiger partial charge < -0.3 is 5.73 Å². The monoisotopic (exact) mass is 213 g/mol. The minimum Gasteiger partial charge on any atom is -0.368 e. The van der Waals surface area contributed by atoms with Gasteiger partial charge >= 0.3 is 6.18 Å². The zero-order valence-corrected chi connectivity index (χ0v) is 7.02. The van der Waals surface area contributed by atoms with Gasteiger partial charge in [0.2, 0.25) is 5.91 Å². The largest absolute Gasteiger partial charge is 0.435 e. The summed E-state index contributed by atoms with van der Waals surface area (Å²) < 4.78 is 48.9. The molecule has 0 aliphatic carbocycles. The molecule has 0 saturated heterocycles. The molecule has 1 rings (SSSR count). The van der Waals surface area contributed by atoms with Crippen LogP contribution in [0.2, 0.25) is 0 Å². The zero-order chi connectivity index (χ0) is 11.1. The van der Waals surface area contributed by atoms with Crippen LogP contribution in [0, 0.1) is 0 Å². The predicted octanol–water partition coefficient (Wildman–Crippen LogP) is 0.381. The number of carbonyl (C=O) groups is 1. The van der Waals surface area contributed by atoms with E-state index in [4.69, 9.17) is 5.73 Å². The lowest BCUT2D eigenvalue weighted by molar-refractivity contribution is -0.147. The summed E-state index contributed by atoms with van der Waals surface area (Å²) in [6.45, 7) is 1.04. The third-order valence-corrected chi connectivity index (χ3v) is 1.77. The average Bonchev–Trinajstić information content (AvgIpc) is 2.26. The summed E-state index contributed by atoms with van der Waals surface area (Å²) in [5.41, 5.74) is 3.03. The summed E-state index contributed by atoms with van der Waals surface area (Å²) >= 11 is 0. The molecule has 80 valence electrons. The van der Waals surface area contributed by atoms with E-state index in [-0.39, 0.29) is 0 Å². The zero-order valence-electron chi connectivity index (χ0n) is 7.02. The Balaban J connectivity index is 3.05. The lowest BCUT2D eigenvalue weighted by Gasteiger charge is -2.19. The molecule has 1 aliphatic rings. The summed E-state index contributed by atoms with van der Waals surface area (Å²) in [6.07, 6.45) is -4.47. The predicted molar refractivity (Wildman–Crippen MR) is 37.8 cm³/mol. The smallest absolute Gasteiger partial charge is 0.368 e. The van der Waals surface area contributed by atoms with Crippen LogP contribution in [0.3, 0.4) is 0 Å². The lowest BCUT2D eigenvalue weighted by Crippen LogP contribution is -2.51. The van der Waals surface area contributed by atoms with Crippen molar-refractivity contribution in [2.75, 3.05) is 0 Å². The van der Waals surface area contributed by atoms with Gasteiger partial charge in [0.15, 0.2) is 5.70 Å². The second kappa shape index (κ2) is 2.84. The van der Waals surface area contributed by atoms with Crippen molar-refractivity contribution < 1.29 is 22.4 Å². The molecular formula is C6H7F4N3O. The Morgan fingerprint density at radius 2 is 2.14 bits per heavy atom. The Morgan fingerprint density at radius 3 is 2.36 bits per heavy atom. The van der Waals surface area contributed by atoms with Crippen molar-refractivity contribution >= 4 is 5.91 Å².